The summed E-state index contributed by atoms with van der Waals surface area (Å²) in [6.07, 6.45) is -3.37. The van der Waals surface area contributed by atoms with E-state index < -0.39 is 39.3 Å². The molecule has 1 aliphatic rings. The van der Waals surface area contributed by atoms with Crippen LogP contribution in [0.3, 0.4) is 0 Å². The highest BCUT2D eigenvalue weighted by Gasteiger charge is 2.41. The van der Waals surface area contributed by atoms with Gasteiger partial charge >= 0.3 is 17.8 Å². The van der Waals surface area contributed by atoms with Gasteiger partial charge in [0.25, 0.3) is 0 Å². The van der Waals surface area contributed by atoms with E-state index in [9.17, 15) is 36.4 Å². The van der Waals surface area contributed by atoms with Gasteiger partial charge in [0.2, 0.25) is 5.95 Å². The number of alkyl halides is 3. The summed E-state index contributed by atoms with van der Waals surface area (Å²) in [6, 6.07) is 11.4. The average Bonchev–Trinajstić information content (AvgIpc) is 3.29. The molecule has 1 atom stereocenters. The number of hydrogen-bond acceptors (Lipinski definition) is 8. The summed E-state index contributed by atoms with van der Waals surface area (Å²) in [4.78, 5) is 28.4. The molecular weight excluding hydrogens is 587 g/mol. The monoisotopic (exact) mass is 617 g/mol. The highest BCUT2D eigenvalue weighted by Crippen LogP contribution is 2.43. The Bertz CT molecular complexity index is 1750. The largest absolute Gasteiger partial charge is 0.466 e. The number of methoxy groups -OCH3 is 1. The van der Waals surface area contributed by atoms with Gasteiger partial charge in [0.15, 0.2) is 0 Å². The van der Waals surface area contributed by atoms with E-state index >= 15 is 0 Å². The maximum Gasteiger partial charge on any atom is 0.416 e. The minimum atomic E-state index is -4.66. The Morgan fingerprint density at radius 2 is 1.79 bits per heavy atom. The maximum absolute atomic E-state index is 13.9. The van der Waals surface area contributed by atoms with Crippen LogP contribution in [-0.2, 0) is 32.1 Å². The summed E-state index contributed by atoms with van der Waals surface area (Å²) in [5.74, 6) is -1.05. The highest BCUT2D eigenvalue weighted by atomic mass is 32.2. The molecule has 14 heteroatoms. The van der Waals surface area contributed by atoms with Crippen molar-refractivity contribution in [3.63, 3.8) is 0 Å². The molecule has 0 fully saturated rings. The molecule has 2 heterocycles. The summed E-state index contributed by atoms with van der Waals surface area (Å²) in [5.41, 5.74) is -0.760. The third kappa shape index (κ3) is 6.51. The molecule has 0 spiro atoms. The lowest BCUT2D eigenvalue weighted by Crippen LogP contribution is -2.38. The molecule has 2 aromatic carbocycles. The Balaban J connectivity index is 1.91. The maximum atomic E-state index is 13.9. The number of carbonyl (C=O) groups is 1. The molecule has 10 nitrogen and oxygen atoms in total. The zero-order valence-electron chi connectivity index (χ0n) is 23.8. The van der Waals surface area contributed by atoms with E-state index in [1.807, 2.05) is 13.0 Å². The summed E-state index contributed by atoms with van der Waals surface area (Å²) < 4.78 is 73.1. The van der Waals surface area contributed by atoms with Crippen LogP contribution < -0.4 is 10.6 Å². The highest BCUT2D eigenvalue weighted by molar-refractivity contribution is 7.91. The second kappa shape index (κ2) is 12.5. The quantitative estimate of drug-likeness (QED) is 0.299. The van der Waals surface area contributed by atoms with Gasteiger partial charge < -0.3 is 4.74 Å². The van der Waals surface area contributed by atoms with Crippen LogP contribution in [-0.4, -0.2) is 47.4 Å². The second-order valence-electron chi connectivity index (χ2n) is 10.0. The van der Waals surface area contributed by atoms with Crippen molar-refractivity contribution in [3.8, 4) is 6.07 Å². The van der Waals surface area contributed by atoms with Gasteiger partial charge in [0, 0.05) is 17.9 Å². The van der Waals surface area contributed by atoms with E-state index in [0.717, 1.165) is 23.9 Å². The molecule has 228 valence electrons. The number of anilines is 2. The topological polar surface area (TPSA) is 127 Å². The molecule has 0 bridgehead atoms. The fourth-order valence-corrected chi connectivity index (χ4v) is 6.49. The number of aryl methyl sites for hydroxylation is 1. The Kier molecular flexibility index (Phi) is 9.15. The Labute approximate surface area is 246 Å². The van der Waals surface area contributed by atoms with Gasteiger partial charge in [-0.25, -0.2) is 27.3 Å². The number of allylic oxidation sites excluding steroid dienone is 1. The molecule has 0 saturated carbocycles. The Morgan fingerprint density at radius 1 is 1.12 bits per heavy atom. The predicted molar refractivity (Wildman–Crippen MR) is 152 cm³/mol. The summed E-state index contributed by atoms with van der Waals surface area (Å²) >= 11 is 0. The van der Waals surface area contributed by atoms with Gasteiger partial charge in [-0.15, -0.1) is 5.10 Å². The zero-order valence-corrected chi connectivity index (χ0v) is 24.6. The number of fused-ring (bicyclic) bond motifs is 1. The smallest absolute Gasteiger partial charge is 0.416 e. The first kappa shape index (κ1) is 31.6. The minimum absolute atomic E-state index is 0.00690. The van der Waals surface area contributed by atoms with Crippen molar-refractivity contribution in [2.24, 2.45) is 0 Å². The lowest BCUT2D eigenvalue weighted by atomic mass is 9.93. The van der Waals surface area contributed by atoms with Crippen molar-refractivity contribution >= 4 is 27.4 Å². The van der Waals surface area contributed by atoms with Gasteiger partial charge in [0.1, 0.15) is 15.9 Å². The van der Waals surface area contributed by atoms with Gasteiger partial charge in [0.05, 0.1) is 41.4 Å². The lowest BCUT2D eigenvalue weighted by Gasteiger charge is -2.35. The Morgan fingerprint density at radius 3 is 2.40 bits per heavy atom. The molecule has 1 aliphatic heterocycles. The number of benzene rings is 2. The van der Waals surface area contributed by atoms with Crippen molar-refractivity contribution in [1.29, 1.82) is 5.26 Å². The summed E-state index contributed by atoms with van der Waals surface area (Å²) in [7, 11) is -2.21. The first-order valence-electron chi connectivity index (χ1n) is 13.5. The van der Waals surface area contributed by atoms with Crippen LogP contribution in [0.25, 0.3) is 0 Å². The lowest BCUT2D eigenvalue weighted by molar-refractivity contribution is -0.138. The van der Waals surface area contributed by atoms with Crippen molar-refractivity contribution in [3.05, 3.63) is 87.0 Å². The van der Waals surface area contributed by atoms with Crippen molar-refractivity contribution in [2.45, 2.75) is 51.9 Å². The predicted octanol–water partition coefficient (Wildman–Crippen LogP) is 4.73. The van der Waals surface area contributed by atoms with E-state index in [4.69, 9.17) is 4.74 Å². The number of nitriles is 1. The summed E-state index contributed by atoms with van der Waals surface area (Å²) in [5, 5.41) is 13.7. The molecule has 0 radical (unpaired) electrons. The second-order valence-corrected chi connectivity index (χ2v) is 12.3. The Hall–Kier alpha value is -4.38. The molecule has 0 unspecified atom stereocenters. The fourth-order valence-electron chi connectivity index (χ4n) is 4.99. The third-order valence-corrected chi connectivity index (χ3v) is 8.96. The van der Waals surface area contributed by atoms with Gasteiger partial charge in [-0.2, -0.15) is 18.4 Å². The first-order chi connectivity index (χ1) is 20.3. The molecule has 0 saturated heterocycles. The standard InChI is InChI=1S/C29H30F3N5O5S/c1-4-5-15-43(40,41)16-7-14-35-28(39)37-25(21-12-10-20(18-33)11-13-21)24(26(38)42-3)19(2)36(27(37)34-35)23-9-6-8-22(17-23)29(30,31)32/h6,8-13,17,25H,4-5,7,14-16H2,1-3H3/t25-/m1/s1. The summed E-state index contributed by atoms with van der Waals surface area (Å²) in [6.45, 7) is 3.30. The number of unbranched alkanes of at least 4 members (excludes halogenated alkanes) is 1. The van der Waals surface area contributed by atoms with Crippen molar-refractivity contribution < 1.29 is 31.1 Å². The van der Waals surface area contributed by atoms with E-state index in [1.165, 1.54) is 40.7 Å². The van der Waals surface area contributed by atoms with Crippen molar-refractivity contribution in [2.75, 3.05) is 23.5 Å². The van der Waals surface area contributed by atoms with Gasteiger partial charge in [-0.1, -0.05) is 31.5 Å². The number of ether oxygens (including phenoxy) is 1. The molecule has 0 amide bonds. The van der Waals surface area contributed by atoms with Crippen LogP contribution in [0.5, 0.6) is 0 Å². The van der Waals surface area contributed by atoms with E-state index in [1.54, 1.807) is 12.1 Å². The fraction of sp³-hybridized carbons (Fsp3) is 0.379. The molecular formula is C29H30F3N5O5S. The SMILES string of the molecule is CCCCS(=O)(=O)CCCn1nc2n(c1=O)[C@H](c1ccc(C#N)cc1)C(C(=O)OC)=C(C)N2c1cccc(C(F)(F)F)c1. The number of sulfone groups is 1. The van der Waals surface area contributed by atoms with Crippen molar-refractivity contribution in [1.82, 2.24) is 14.3 Å². The molecule has 43 heavy (non-hydrogen) atoms. The van der Waals surface area contributed by atoms with E-state index in [-0.39, 0.29) is 47.4 Å². The number of nitrogens with zero attached hydrogens (tertiary/aromatic N) is 5. The number of carbonyl (C=O) groups excluding carboxylic acids is 1. The first-order valence-corrected chi connectivity index (χ1v) is 15.3. The number of hydrogen-bond donors (Lipinski definition) is 0. The number of halogens is 3. The van der Waals surface area contributed by atoms with Crippen LogP contribution >= 0.6 is 0 Å². The average molecular weight is 618 g/mol. The number of rotatable bonds is 10. The molecule has 0 aliphatic carbocycles. The van der Waals surface area contributed by atoms with Crippen LogP contribution in [0.15, 0.2) is 64.6 Å². The molecule has 3 aromatic rings. The normalized spacial score (nSPS) is 15.3. The molecule has 1 aromatic heterocycles. The minimum Gasteiger partial charge on any atom is -0.466 e. The van der Waals surface area contributed by atoms with Crippen LogP contribution in [0.2, 0.25) is 0 Å². The number of aromatic nitrogens is 3. The number of esters is 1. The molecule has 0 N–H and O–H groups in total. The van der Waals surface area contributed by atoms with Crippen LogP contribution in [0.1, 0.15) is 55.8 Å². The van der Waals surface area contributed by atoms with Gasteiger partial charge in [-0.05, 0) is 55.7 Å². The van der Waals surface area contributed by atoms with E-state index in [2.05, 4.69) is 5.10 Å². The van der Waals surface area contributed by atoms with Crippen LogP contribution in [0, 0.1) is 11.3 Å². The third-order valence-electron chi connectivity index (χ3n) is 7.14. The van der Waals surface area contributed by atoms with E-state index in [0.29, 0.717) is 24.0 Å². The van der Waals surface area contributed by atoms with Crippen LogP contribution in [0.4, 0.5) is 24.8 Å². The van der Waals surface area contributed by atoms with Gasteiger partial charge in [-0.3, -0.25) is 4.90 Å². The molecule has 4 rings (SSSR count). The zero-order chi connectivity index (χ0) is 31.5.